The monoisotopic (exact) mass is 384 g/mol. The van der Waals surface area contributed by atoms with Crippen molar-refractivity contribution in [3.05, 3.63) is 69.8 Å². The molecule has 7 heteroatoms. The third-order valence-corrected chi connectivity index (χ3v) is 4.37. The number of nitrogens with one attached hydrogen (secondary N) is 1. The molecule has 1 N–H and O–H groups in total. The molecule has 0 atom stereocenters. The number of nitro benzene ring substituents is 1. The Bertz CT molecular complexity index is 793. The quantitative estimate of drug-likeness (QED) is 0.500. The number of hydrogen-bond acceptors (Lipinski definition) is 5. The van der Waals surface area contributed by atoms with Crippen molar-refractivity contribution in [3.63, 3.8) is 0 Å². The van der Waals surface area contributed by atoms with E-state index in [1.54, 1.807) is 17.0 Å². The van der Waals surface area contributed by atoms with Crippen molar-refractivity contribution >= 4 is 17.3 Å². The van der Waals surface area contributed by atoms with Gasteiger partial charge in [0.2, 0.25) is 0 Å². The van der Waals surface area contributed by atoms with Crippen LogP contribution in [0.3, 0.4) is 0 Å². The molecule has 2 aromatic carbocycles. The third kappa shape index (κ3) is 6.06. The van der Waals surface area contributed by atoms with Crippen LogP contribution in [0.15, 0.2) is 48.5 Å². The fourth-order valence-corrected chi connectivity index (χ4v) is 2.85. The molecule has 0 heterocycles. The molecule has 0 aromatic heterocycles. The highest BCUT2D eigenvalue weighted by atomic mass is 16.6. The van der Waals surface area contributed by atoms with Gasteiger partial charge >= 0.3 is 0 Å². The first-order valence-corrected chi connectivity index (χ1v) is 9.42. The van der Waals surface area contributed by atoms with Gasteiger partial charge < -0.3 is 15.1 Å². The van der Waals surface area contributed by atoms with E-state index < -0.39 is 4.92 Å². The van der Waals surface area contributed by atoms with Crippen molar-refractivity contribution in [3.8, 4) is 0 Å². The van der Waals surface area contributed by atoms with Gasteiger partial charge in [0.15, 0.2) is 0 Å². The Balaban J connectivity index is 2.19. The van der Waals surface area contributed by atoms with Crippen molar-refractivity contribution in [2.75, 3.05) is 39.0 Å². The number of nitro groups is 1. The summed E-state index contributed by atoms with van der Waals surface area (Å²) in [4.78, 5) is 27.7. The highest BCUT2D eigenvalue weighted by Gasteiger charge is 2.21. The van der Waals surface area contributed by atoms with Crippen molar-refractivity contribution in [1.29, 1.82) is 0 Å². The fourth-order valence-electron chi connectivity index (χ4n) is 2.85. The van der Waals surface area contributed by atoms with Crippen molar-refractivity contribution in [1.82, 2.24) is 9.80 Å². The number of carbonyl (C=O) groups excluding carboxylic acids is 1. The van der Waals surface area contributed by atoms with Gasteiger partial charge in [-0.1, -0.05) is 37.3 Å². The van der Waals surface area contributed by atoms with Crippen LogP contribution in [0.2, 0.25) is 0 Å². The molecule has 0 spiro atoms. The molecule has 0 radical (unpaired) electrons. The second kappa shape index (κ2) is 10.4. The largest absolute Gasteiger partial charge is 0.375 e. The van der Waals surface area contributed by atoms with E-state index in [9.17, 15) is 14.9 Å². The van der Waals surface area contributed by atoms with Gasteiger partial charge in [-0.3, -0.25) is 14.9 Å². The molecule has 0 bridgehead atoms. The first kappa shape index (κ1) is 21.4. The number of rotatable bonds is 10. The molecule has 0 fully saturated rings. The van der Waals surface area contributed by atoms with Gasteiger partial charge in [0.25, 0.3) is 11.6 Å². The summed E-state index contributed by atoms with van der Waals surface area (Å²) in [6, 6.07) is 14.3. The molecule has 0 aliphatic carbocycles. The Kier molecular flexibility index (Phi) is 7.95. The van der Waals surface area contributed by atoms with Gasteiger partial charge in [0.05, 0.1) is 4.92 Å². The van der Waals surface area contributed by atoms with Gasteiger partial charge in [-0.05, 0) is 38.2 Å². The van der Waals surface area contributed by atoms with Crippen LogP contribution in [0.1, 0.15) is 29.3 Å². The summed E-state index contributed by atoms with van der Waals surface area (Å²) >= 11 is 0. The lowest BCUT2D eigenvalue weighted by Gasteiger charge is -2.24. The molecule has 28 heavy (non-hydrogen) atoms. The van der Waals surface area contributed by atoms with Crippen molar-refractivity contribution < 1.29 is 9.72 Å². The highest BCUT2D eigenvalue weighted by molar-refractivity contribution is 5.95. The Morgan fingerprint density at radius 1 is 1.07 bits per heavy atom. The van der Waals surface area contributed by atoms with Crippen LogP contribution >= 0.6 is 0 Å². The molecule has 0 saturated carbocycles. The molecular formula is C21H28N4O3. The predicted octanol–water partition coefficient (Wildman–Crippen LogP) is 3.62. The van der Waals surface area contributed by atoms with Crippen LogP contribution in [-0.4, -0.2) is 54.4 Å². The Morgan fingerprint density at radius 2 is 1.79 bits per heavy atom. The number of amides is 1. The minimum Gasteiger partial charge on any atom is -0.375 e. The van der Waals surface area contributed by atoms with Gasteiger partial charge in [0, 0.05) is 37.8 Å². The number of carbonyl (C=O) groups is 1. The van der Waals surface area contributed by atoms with Crippen LogP contribution in [0.5, 0.6) is 0 Å². The topological polar surface area (TPSA) is 78.7 Å². The summed E-state index contributed by atoms with van der Waals surface area (Å²) in [5.74, 6) is -0.179. The van der Waals surface area contributed by atoms with Crippen LogP contribution in [0.25, 0.3) is 0 Å². The normalized spacial score (nSPS) is 10.7. The first-order chi connectivity index (χ1) is 13.4. The average Bonchev–Trinajstić information content (AvgIpc) is 2.69. The molecule has 1 amide bonds. The van der Waals surface area contributed by atoms with Gasteiger partial charge in [-0.25, -0.2) is 0 Å². The lowest BCUT2D eigenvalue weighted by molar-refractivity contribution is -0.384. The van der Waals surface area contributed by atoms with Gasteiger partial charge in [0.1, 0.15) is 5.69 Å². The van der Waals surface area contributed by atoms with E-state index in [4.69, 9.17) is 0 Å². The van der Waals surface area contributed by atoms with Gasteiger partial charge in [-0.2, -0.15) is 0 Å². The fraction of sp³-hybridized carbons (Fsp3) is 0.381. The minimum absolute atomic E-state index is 0.0918. The lowest BCUT2D eigenvalue weighted by Crippen LogP contribution is -2.37. The molecular weight excluding hydrogens is 356 g/mol. The van der Waals surface area contributed by atoms with Gasteiger partial charge in [-0.15, -0.1) is 0 Å². The highest BCUT2D eigenvalue weighted by Crippen LogP contribution is 2.27. The molecule has 0 unspecified atom stereocenters. The van der Waals surface area contributed by atoms with E-state index in [-0.39, 0.29) is 11.6 Å². The van der Waals surface area contributed by atoms with E-state index in [1.165, 1.54) is 6.07 Å². The molecule has 0 aliphatic rings. The SMILES string of the molecule is CCCN(CCN(C)C)C(=O)c1ccc(NCc2ccccc2)c([N+](=O)[O-])c1. The van der Waals surface area contributed by atoms with E-state index in [0.717, 1.165) is 18.5 Å². The summed E-state index contributed by atoms with van der Waals surface area (Å²) in [5, 5.41) is 14.7. The van der Waals surface area contributed by atoms with Crippen molar-refractivity contribution in [2.24, 2.45) is 0 Å². The van der Waals surface area contributed by atoms with E-state index >= 15 is 0 Å². The maximum absolute atomic E-state index is 12.9. The molecule has 150 valence electrons. The van der Waals surface area contributed by atoms with E-state index in [1.807, 2.05) is 56.3 Å². The number of anilines is 1. The molecule has 0 aliphatic heterocycles. The summed E-state index contributed by atoms with van der Waals surface area (Å²) in [6.07, 6.45) is 0.831. The Hall–Kier alpha value is -2.93. The summed E-state index contributed by atoms with van der Waals surface area (Å²) in [5.41, 5.74) is 1.67. The van der Waals surface area contributed by atoms with E-state index in [2.05, 4.69) is 5.32 Å². The molecule has 2 aromatic rings. The van der Waals surface area contributed by atoms with Crippen LogP contribution in [-0.2, 0) is 6.54 Å². The molecule has 7 nitrogen and oxygen atoms in total. The Labute approximate surface area is 166 Å². The standard InChI is InChI=1S/C21H28N4O3/c1-4-12-24(14-13-23(2)3)21(26)18-10-11-19(20(15-18)25(27)28)22-16-17-8-6-5-7-9-17/h5-11,15,22H,4,12-14,16H2,1-3H3. The Morgan fingerprint density at radius 3 is 2.39 bits per heavy atom. The first-order valence-electron chi connectivity index (χ1n) is 9.42. The predicted molar refractivity (Wildman–Crippen MR) is 112 cm³/mol. The molecule has 0 saturated heterocycles. The zero-order valence-electron chi connectivity index (χ0n) is 16.7. The number of hydrogen-bond donors (Lipinski definition) is 1. The smallest absolute Gasteiger partial charge is 0.293 e. The number of likely N-dealkylation sites (N-methyl/N-ethyl adjacent to an activating group) is 1. The zero-order chi connectivity index (χ0) is 20.5. The summed E-state index contributed by atoms with van der Waals surface area (Å²) in [6.45, 7) is 4.43. The van der Waals surface area contributed by atoms with E-state index in [0.29, 0.717) is 30.9 Å². The maximum Gasteiger partial charge on any atom is 0.293 e. The maximum atomic E-state index is 12.9. The number of benzene rings is 2. The van der Waals surface area contributed by atoms with Crippen molar-refractivity contribution in [2.45, 2.75) is 19.9 Å². The lowest BCUT2D eigenvalue weighted by atomic mass is 10.1. The minimum atomic E-state index is -0.450. The third-order valence-electron chi connectivity index (χ3n) is 4.37. The summed E-state index contributed by atoms with van der Waals surface area (Å²) < 4.78 is 0. The number of nitrogens with zero attached hydrogens (tertiary/aromatic N) is 3. The average molecular weight is 384 g/mol. The van der Waals surface area contributed by atoms with Crippen LogP contribution in [0, 0.1) is 10.1 Å². The molecule has 2 rings (SSSR count). The second-order valence-electron chi connectivity index (χ2n) is 6.92. The van der Waals surface area contributed by atoms with Crippen LogP contribution in [0.4, 0.5) is 11.4 Å². The zero-order valence-corrected chi connectivity index (χ0v) is 16.7. The summed E-state index contributed by atoms with van der Waals surface area (Å²) in [7, 11) is 3.90. The second-order valence-corrected chi connectivity index (χ2v) is 6.92. The van der Waals surface area contributed by atoms with Crippen LogP contribution < -0.4 is 5.32 Å².